The molecule has 1 atom stereocenters. The Kier molecular flexibility index (Phi) is 3.00. The first kappa shape index (κ1) is 10.5. The fourth-order valence-electron chi connectivity index (χ4n) is 1.85. The van der Waals surface area contributed by atoms with E-state index < -0.39 is 0 Å². The van der Waals surface area contributed by atoms with Crippen molar-refractivity contribution in [3.05, 3.63) is 18.2 Å². The van der Waals surface area contributed by atoms with Crippen LogP contribution in [0.2, 0.25) is 0 Å². The van der Waals surface area contributed by atoms with E-state index in [0.29, 0.717) is 18.9 Å². The predicted octanol–water partition coefficient (Wildman–Crippen LogP) is 0.698. The summed E-state index contributed by atoms with van der Waals surface area (Å²) in [5.41, 5.74) is 0. The Morgan fingerprint density at radius 1 is 1.67 bits per heavy atom. The molecule has 0 spiro atoms. The quantitative estimate of drug-likeness (QED) is 0.769. The zero-order chi connectivity index (χ0) is 10.8. The van der Waals surface area contributed by atoms with Crippen molar-refractivity contribution in [2.45, 2.75) is 13.0 Å². The molecule has 1 saturated heterocycles. The summed E-state index contributed by atoms with van der Waals surface area (Å²) in [6.45, 7) is 1.43. The number of amides is 1. The normalized spacial score (nSPS) is 21.3. The second-order valence-corrected chi connectivity index (χ2v) is 4.35. The summed E-state index contributed by atoms with van der Waals surface area (Å²) in [6, 6.07) is 0. The van der Waals surface area contributed by atoms with Crippen LogP contribution in [0.3, 0.4) is 0 Å². The smallest absolute Gasteiger partial charge is 0.223 e. The minimum absolute atomic E-state index is 0.219. The lowest BCUT2D eigenvalue weighted by Crippen LogP contribution is -2.26. The number of thiol groups is 1. The van der Waals surface area contributed by atoms with Crippen LogP contribution in [0.5, 0.6) is 0 Å². The third-order valence-corrected chi connectivity index (χ3v) is 3.32. The third-order valence-electron chi connectivity index (χ3n) is 2.81. The Morgan fingerprint density at radius 2 is 2.47 bits per heavy atom. The van der Waals surface area contributed by atoms with E-state index in [4.69, 9.17) is 0 Å². The molecule has 0 bridgehead atoms. The number of rotatable bonds is 3. The van der Waals surface area contributed by atoms with E-state index in [1.807, 2.05) is 22.7 Å². The number of carbonyl (C=O) groups is 1. The molecule has 1 amide bonds. The Labute approximate surface area is 94.7 Å². The fourth-order valence-corrected chi connectivity index (χ4v) is 2.09. The Balaban J connectivity index is 2.01. The highest BCUT2D eigenvalue weighted by molar-refractivity contribution is 7.80. The number of carbonyl (C=O) groups excluding carboxylic acids is 1. The Bertz CT molecular complexity index is 363. The van der Waals surface area contributed by atoms with Crippen LogP contribution in [0.1, 0.15) is 12.2 Å². The molecular formula is C10H15N3OS. The van der Waals surface area contributed by atoms with Crippen LogP contribution >= 0.6 is 12.6 Å². The number of aromatic nitrogens is 2. The van der Waals surface area contributed by atoms with Gasteiger partial charge in [-0.3, -0.25) is 4.79 Å². The molecule has 1 unspecified atom stereocenters. The first-order valence-electron chi connectivity index (χ1n) is 5.05. The number of likely N-dealkylation sites (tertiary alicyclic amines) is 1. The van der Waals surface area contributed by atoms with E-state index in [1.54, 1.807) is 6.20 Å². The van der Waals surface area contributed by atoms with E-state index in [9.17, 15) is 4.79 Å². The molecule has 2 rings (SSSR count). The number of aryl methyl sites for hydroxylation is 1. The van der Waals surface area contributed by atoms with Gasteiger partial charge in [-0.1, -0.05) is 0 Å². The summed E-state index contributed by atoms with van der Waals surface area (Å²) in [4.78, 5) is 17.7. The van der Waals surface area contributed by atoms with Crippen LogP contribution in [0, 0.1) is 5.92 Å². The van der Waals surface area contributed by atoms with E-state index in [-0.39, 0.29) is 5.91 Å². The molecule has 2 heterocycles. The molecule has 0 aliphatic carbocycles. The molecule has 4 nitrogen and oxygen atoms in total. The molecule has 15 heavy (non-hydrogen) atoms. The van der Waals surface area contributed by atoms with Crippen molar-refractivity contribution >= 4 is 18.5 Å². The van der Waals surface area contributed by atoms with Gasteiger partial charge in [0.25, 0.3) is 0 Å². The summed E-state index contributed by atoms with van der Waals surface area (Å²) in [6.07, 6.45) is 4.28. The average molecular weight is 225 g/mol. The number of nitrogens with zero attached hydrogens (tertiary/aromatic N) is 3. The molecule has 0 radical (unpaired) electrons. The summed E-state index contributed by atoms with van der Waals surface area (Å²) in [7, 11) is 1.94. The van der Waals surface area contributed by atoms with Crippen LogP contribution in [0.25, 0.3) is 0 Å². The summed E-state index contributed by atoms with van der Waals surface area (Å²) < 4.78 is 1.95. The predicted molar refractivity (Wildman–Crippen MR) is 60.6 cm³/mol. The maximum absolute atomic E-state index is 11.6. The molecule has 0 aromatic carbocycles. The topological polar surface area (TPSA) is 38.1 Å². The Morgan fingerprint density at radius 3 is 3.00 bits per heavy atom. The zero-order valence-electron chi connectivity index (χ0n) is 8.76. The number of hydrogen-bond acceptors (Lipinski definition) is 3. The largest absolute Gasteiger partial charge is 0.337 e. The molecule has 0 N–H and O–H groups in total. The van der Waals surface area contributed by atoms with Crippen LogP contribution in [0.4, 0.5) is 0 Å². The summed E-state index contributed by atoms with van der Waals surface area (Å²) in [5, 5.41) is 0. The molecule has 1 fully saturated rings. The van der Waals surface area contributed by atoms with Gasteiger partial charge in [0.15, 0.2) is 0 Å². The van der Waals surface area contributed by atoms with E-state index in [2.05, 4.69) is 17.6 Å². The maximum Gasteiger partial charge on any atom is 0.223 e. The second kappa shape index (κ2) is 4.26. The van der Waals surface area contributed by atoms with Crippen molar-refractivity contribution in [2.24, 2.45) is 13.0 Å². The second-order valence-electron chi connectivity index (χ2n) is 3.98. The lowest BCUT2D eigenvalue weighted by atomic mass is 10.1. The minimum Gasteiger partial charge on any atom is -0.337 e. The molecule has 0 saturated carbocycles. The maximum atomic E-state index is 11.6. The molecule has 82 valence electrons. The van der Waals surface area contributed by atoms with Gasteiger partial charge in [-0.05, 0) is 11.7 Å². The fraction of sp³-hybridized carbons (Fsp3) is 0.600. The van der Waals surface area contributed by atoms with Gasteiger partial charge in [0.1, 0.15) is 5.82 Å². The van der Waals surface area contributed by atoms with E-state index in [1.165, 1.54) is 0 Å². The highest BCUT2D eigenvalue weighted by atomic mass is 32.1. The van der Waals surface area contributed by atoms with Crippen molar-refractivity contribution in [1.29, 1.82) is 0 Å². The SMILES string of the molecule is Cn1ccnc1CN1CC(CS)CC1=O. The van der Waals surface area contributed by atoms with Crippen molar-refractivity contribution < 1.29 is 4.79 Å². The van der Waals surface area contributed by atoms with Crippen LogP contribution in [-0.2, 0) is 18.4 Å². The van der Waals surface area contributed by atoms with Crippen molar-refractivity contribution in [1.82, 2.24) is 14.5 Å². The molecule has 1 aromatic rings. The number of imidazole rings is 1. The van der Waals surface area contributed by atoms with Gasteiger partial charge in [-0.2, -0.15) is 12.6 Å². The van der Waals surface area contributed by atoms with Gasteiger partial charge >= 0.3 is 0 Å². The minimum atomic E-state index is 0.219. The molecule has 1 aliphatic heterocycles. The van der Waals surface area contributed by atoms with Gasteiger partial charge in [0, 0.05) is 32.4 Å². The standard InChI is InChI=1S/C10H15N3OS/c1-12-3-2-11-9(12)6-13-5-8(7-15)4-10(13)14/h2-3,8,15H,4-7H2,1H3. The van der Waals surface area contributed by atoms with Crippen LogP contribution < -0.4 is 0 Å². The summed E-state index contributed by atoms with van der Waals surface area (Å²) >= 11 is 4.23. The highest BCUT2D eigenvalue weighted by Gasteiger charge is 2.29. The monoisotopic (exact) mass is 225 g/mol. The Hall–Kier alpha value is -0.970. The van der Waals surface area contributed by atoms with Gasteiger partial charge in [-0.15, -0.1) is 0 Å². The van der Waals surface area contributed by atoms with Crippen LogP contribution in [0.15, 0.2) is 12.4 Å². The first-order valence-corrected chi connectivity index (χ1v) is 5.68. The van der Waals surface area contributed by atoms with Crippen LogP contribution in [-0.4, -0.2) is 32.7 Å². The lowest BCUT2D eigenvalue weighted by Gasteiger charge is -2.15. The molecule has 5 heteroatoms. The molecule has 1 aromatic heterocycles. The van der Waals surface area contributed by atoms with Gasteiger partial charge in [-0.25, -0.2) is 4.98 Å². The zero-order valence-corrected chi connectivity index (χ0v) is 9.65. The first-order chi connectivity index (χ1) is 7.20. The van der Waals surface area contributed by atoms with E-state index in [0.717, 1.165) is 18.1 Å². The third kappa shape index (κ3) is 2.17. The van der Waals surface area contributed by atoms with Gasteiger partial charge in [0.2, 0.25) is 5.91 Å². The molecule has 1 aliphatic rings. The average Bonchev–Trinajstić information content (AvgIpc) is 2.76. The molecular weight excluding hydrogens is 210 g/mol. The highest BCUT2D eigenvalue weighted by Crippen LogP contribution is 2.20. The lowest BCUT2D eigenvalue weighted by molar-refractivity contribution is -0.128. The van der Waals surface area contributed by atoms with E-state index >= 15 is 0 Å². The number of hydrogen-bond donors (Lipinski definition) is 1. The summed E-state index contributed by atoms with van der Waals surface area (Å²) in [5.74, 6) is 2.34. The van der Waals surface area contributed by atoms with Crippen molar-refractivity contribution in [3.63, 3.8) is 0 Å². The van der Waals surface area contributed by atoms with Crippen molar-refractivity contribution in [2.75, 3.05) is 12.3 Å². The van der Waals surface area contributed by atoms with Gasteiger partial charge in [0.05, 0.1) is 6.54 Å². The van der Waals surface area contributed by atoms with Crippen molar-refractivity contribution in [3.8, 4) is 0 Å². The van der Waals surface area contributed by atoms with Gasteiger partial charge < -0.3 is 9.47 Å².